The summed E-state index contributed by atoms with van der Waals surface area (Å²) in [5, 5.41) is 12.5. The number of para-hydroxylation sites is 1. The van der Waals surface area contributed by atoms with Crippen LogP contribution in [0.4, 0.5) is 0 Å². The van der Waals surface area contributed by atoms with Crippen molar-refractivity contribution in [3.8, 4) is 0 Å². The fraction of sp³-hybridized carbons (Fsp3) is 0. The van der Waals surface area contributed by atoms with E-state index in [1.807, 2.05) is 24.3 Å². The number of nitrogens with one attached hydrogen (secondary N) is 1. The lowest BCUT2D eigenvalue weighted by atomic mass is 10.2. The van der Waals surface area contributed by atoms with Crippen LogP contribution in [0.25, 0.3) is 27.6 Å². The highest BCUT2D eigenvalue weighted by atomic mass is 15.5. The molecule has 0 atom stereocenters. The van der Waals surface area contributed by atoms with Crippen molar-refractivity contribution in [2.75, 3.05) is 0 Å². The number of hydrogen-bond donors (Lipinski definition) is 1. The molecule has 1 N–H and O–H groups in total. The predicted octanol–water partition coefficient (Wildman–Crippen LogP) is 1.15. The molecule has 6 nitrogen and oxygen atoms in total. The maximum atomic E-state index is 4.36. The zero-order valence-electron chi connectivity index (χ0n) is 8.12. The molecule has 0 saturated carbocycles. The third kappa shape index (κ3) is 0.813. The number of hydrogen-bond acceptors (Lipinski definition) is 4. The second-order valence-electron chi connectivity index (χ2n) is 3.59. The van der Waals surface area contributed by atoms with Crippen LogP contribution in [0.15, 0.2) is 30.6 Å². The maximum absolute atomic E-state index is 4.36. The number of tetrazole rings is 1. The Morgan fingerprint density at radius 3 is 3.12 bits per heavy atom. The lowest BCUT2D eigenvalue weighted by Gasteiger charge is -1.90. The minimum absolute atomic E-state index is 0.696. The standard InChI is InChI=1S/C10H6N6/c1-2-4-7-6(3-1)8-9(12-7)10-13-14-15-16(10)5-11-8/h1-5,12H. The quantitative estimate of drug-likeness (QED) is 0.472. The molecule has 0 aliphatic carbocycles. The summed E-state index contributed by atoms with van der Waals surface area (Å²) in [4.78, 5) is 7.64. The van der Waals surface area contributed by atoms with Crippen molar-refractivity contribution in [3.63, 3.8) is 0 Å². The first-order valence-electron chi connectivity index (χ1n) is 4.86. The Morgan fingerprint density at radius 1 is 1.19 bits per heavy atom. The van der Waals surface area contributed by atoms with Crippen LogP contribution < -0.4 is 0 Å². The average molecular weight is 210 g/mol. The first-order valence-corrected chi connectivity index (χ1v) is 4.86. The van der Waals surface area contributed by atoms with E-state index in [1.54, 1.807) is 10.8 Å². The van der Waals surface area contributed by atoms with Gasteiger partial charge in [-0.25, -0.2) is 4.98 Å². The highest BCUT2D eigenvalue weighted by Gasteiger charge is 2.10. The lowest BCUT2D eigenvalue weighted by Crippen LogP contribution is -1.89. The Balaban J connectivity index is 2.38. The molecule has 0 spiro atoms. The van der Waals surface area contributed by atoms with E-state index >= 15 is 0 Å². The van der Waals surface area contributed by atoms with E-state index in [-0.39, 0.29) is 0 Å². The third-order valence-electron chi connectivity index (χ3n) is 2.69. The molecule has 3 aromatic heterocycles. The SMILES string of the molecule is c1ccc2c(c1)[nH]c1c2ncn2nnnc12. The second kappa shape index (κ2) is 2.54. The van der Waals surface area contributed by atoms with Gasteiger partial charge < -0.3 is 4.98 Å². The van der Waals surface area contributed by atoms with Gasteiger partial charge in [0.15, 0.2) is 0 Å². The van der Waals surface area contributed by atoms with Gasteiger partial charge in [0, 0.05) is 10.9 Å². The summed E-state index contributed by atoms with van der Waals surface area (Å²) in [6, 6.07) is 8.01. The van der Waals surface area contributed by atoms with E-state index in [0.29, 0.717) is 5.65 Å². The van der Waals surface area contributed by atoms with Gasteiger partial charge in [0.25, 0.3) is 0 Å². The van der Waals surface area contributed by atoms with E-state index < -0.39 is 0 Å². The summed E-state index contributed by atoms with van der Waals surface area (Å²) < 4.78 is 1.55. The van der Waals surface area contributed by atoms with E-state index in [9.17, 15) is 0 Å². The summed E-state index contributed by atoms with van der Waals surface area (Å²) in [6.07, 6.45) is 1.62. The maximum Gasteiger partial charge on any atom is 0.206 e. The van der Waals surface area contributed by atoms with Crippen molar-refractivity contribution in [1.82, 2.24) is 30.0 Å². The first-order chi connectivity index (χ1) is 7.93. The molecule has 0 unspecified atom stereocenters. The molecule has 3 heterocycles. The summed E-state index contributed by atoms with van der Waals surface area (Å²) in [6.45, 7) is 0. The van der Waals surface area contributed by atoms with Crippen LogP contribution in [0.3, 0.4) is 0 Å². The van der Waals surface area contributed by atoms with Gasteiger partial charge in [-0.15, -0.1) is 5.10 Å². The highest BCUT2D eigenvalue weighted by Crippen LogP contribution is 2.24. The molecule has 16 heavy (non-hydrogen) atoms. The lowest BCUT2D eigenvalue weighted by molar-refractivity contribution is 0.813. The number of nitrogens with zero attached hydrogens (tertiary/aromatic N) is 5. The second-order valence-corrected chi connectivity index (χ2v) is 3.59. The van der Waals surface area contributed by atoms with Gasteiger partial charge in [-0.3, -0.25) is 0 Å². The molecule has 6 heteroatoms. The van der Waals surface area contributed by atoms with Gasteiger partial charge >= 0.3 is 0 Å². The topological polar surface area (TPSA) is 71.8 Å². The molecule has 0 radical (unpaired) electrons. The van der Waals surface area contributed by atoms with Crippen LogP contribution in [0, 0.1) is 0 Å². The number of aromatic amines is 1. The number of H-pyrrole nitrogens is 1. The molecular formula is C10H6N6. The Hall–Kier alpha value is -2.50. The monoisotopic (exact) mass is 210 g/mol. The van der Waals surface area contributed by atoms with Gasteiger partial charge in [0.05, 0.1) is 0 Å². The van der Waals surface area contributed by atoms with Crippen LogP contribution in [0.2, 0.25) is 0 Å². The van der Waals surface area contributed by atoms with Gasteiger partial charge in [-0.1, -0.05) is 18.2 Å². The van der Waals surface area contributed by atoms with Gasteiger partial charge in [0.2, 0.25) is 5.65 Å². The van der Waals surface area contributed by atoms with E-state index in [2.05, 4.69) is 25.5 Å². The molecule has 0 bridgehead atoms. The third-order valence-corrected chi connectivity index (χ3v) is 2.69. The van der Waals surface area contributed by atoms with E-state index in [4.69, 9.17) is 0 Å². The smallest absolute Gasteiger partial charge is 0.206 e. The van der Waals surface area contributed by atoms with Crippen molar-refractivity contribution in [1.29, 1.82) is 0 Å². The van der Waals surface area contributed by atoms with E-state index in [0.717, 1.165) is 21.9 Å². The molecular weight excluding hydrogens is 204 g/mol. The molecule has 0 aliphatic rings. The van der Waals surface area contributed by atoms with Gasteiger partial charge in [0.1, 0.15) is 17.4 Å². The van der Waals surface area contributed by atoms with Gasteiger partial charge in [-0.2, -0.15) is 4.52 Å². The van der Waals surface area contributed by atoms with Crippen molar-refractivity contribution in [2.45, 2.75) is 0 Å². The zero-order valence-corrected chi connectivity index (χ0v) is 8.12. The van der Waals surface area contributed by atoms with Crippen LogP contribution in [0.5, 0.6) is 0 Å². The minimum Gasteiger partial charge on any atom is -0.350 e. The van der Waals surface area contributed by atoms with Crippen LogP contribution in [-0.4, -0.2) is 30.0 Å². The Bertz CT molecular complexity index is 812. The van der Waals surface area contributed by atoms with Crippen molar-refractivity contribution >= 4 is 27.6 Å². The zero-order chi connectivity index (χ0) is 10.5. The summed E-state index contributed by atoms with van der Waals surface area (Å²) in [5.41, 5.74) is 3.51. The van der Waals surface area contributed by atoms with E-state index in [1.165, 1.54) is 0 Å². The number of benzene rings is 1. The number of aromatic nitrogens is 6. The minimum atomic E-state index is 0.696. The van der Waals surface area contributed by atoms with Crippen LogP contribution in [-0.2, 0) is 0 Å². The highest BCUT2D eigenvalue weighted by molar-refractivity contribution is 6.08. The molecule has 0 fully saturated rings. The number of fused-ring (bicyclic) bond motifs is 5. The average Bonchev–Trinajstić information content (AvgIpc) is 2.92. The first kappa shape index (κ1) is 7.75. The Labute approximate surface area is 88.9 Å². The van der Waals surface area contributed by atoms with Crippen molar-refractivity contribution in [2.24, 2.45) is 0 Å². The van der Waals surface area contributed by atoms with Crippen LogP contribution >= 0.6 is 0 Å². The Morgan fingerprint density at radius 2 is 2.12 bits per heavy atom. The van der Waals surface area contributed by atoms with Crippen molar-refractivity contribution < 1.29 is 0 Å². The molecule has 4 aromatic rings. The molecule has 1 aromatic carbocycles. The molecule has 4 rings (SSSR count). The molecule has 0 amide bonds. The summed E-state index contributed by atoms with van der Waals surface area (Å²) >= 11 is 0. The fourth-order valence-electron chi connectivity index (χ4n) is 1.97. The number of rotatable bonds is 0. The van der Waals surface area contributed by atoms with Gasteiger partial charge in [-0.05, 0) is 16.5 Å². The predicted molar refractivity (Wildman–Crippen MR) is 57.9 cm³/mol. The van der Waals surface area contributed by atoms with Crippen LogP contribution in [0.1, 0.15) is 0 Å². The van der Waals surface area contributed by atoms with Crippen molar-refractivity contribution in [3.05, 3.63) is 30.6 Å². The normalized spacial score (nSPS) is 11.8. The molecule has 0 aliphatic heterocycles. The fourth-order valence-corrected chi connectivity index (χ4v) is 1.97. The molecule has 0 saturated heterocycles. The summed E-state index contributed by atoms with van der Waals surface area (Å²) in [7, 11) is 0. The Kier molecular flexibility index (Phi) is 1.23. The molecule has 76 valence electrons. The summed E-state index contributed by atoms with van der Waals surface area (Å²) in [5.74, 6) is 0. The largest absolute Gasteiger partial charge is 0.350 e.